The molecule has 1 atom stereocenters. The summed E-state index contributed by atoms with van der Waals surface area (Å²) in [6, 6.07) is 8.87. The van der Waals surface area contributed by atoms with Gasteiger partial charge in [0.05, 0.1) is 0 Å². The van der Waals surface area contributed by atoms with E-state index in [0.29, 0.717) is 11.5 Å². The van der Waals surface area contributed by atoms with Crippen molar-refractivity contribution in [1.29, 1.82) is 0 Å². The summed E-state index contributed by atoms with van der Waals surface area (Å²) in [4.78, 5) is 0. The van der Waals surface area contributed by atoms with Crippen LogP contribution in [0.4, 0.5) is 0 Å². The minimum Gasteiger partial charge on any atom is -0.313 e. The third-order valence-corrected chi connectivity index (χ3v) is 4.48. The van der Waals surface area contributed by atoms with Crippen LogP contribution in [0.1, 0.15) is 45.1 Å². The molecule has 18 heavy (non-hydrogen) atoms. The first kappa shape index (κ1) is 13.9. The van der Waals surface area contributed by atoms with Crippen LogP contribution in [-0.4, -0.2) is 12.6 Å². The smallest absolute Gasteiger partial charge is 0.0406 e. The molecule has 0 amide bonds. The first-order valence-corrected chi connectivity index (χ1v) is 7.43. The molecule has 1 saturated carbocycles. The summed E-state index contributed by atoms with van der Waals surface area (Å²) in [5, 5.41) is 4.56. The fourth-order valence-corrected chi connectivity index (χ4v) is 3.04. The van der Waals surface area contributed by atoms with E-state index in [1.807, 2.05) is 12.1 Å². The topological polar surface area (TPSA) is 12.0 Å². The lowest BCUT2D eigenvalue weighted by molar-refractivity contribution is 0.169. The van der Waals surface area contributed by atoms with Crippen molar-refractivity contribution in [1.82, 2.24) is 5.32 Å². The second-order valence-corrected chi connectivity index (χ2v) is 6.55. The Morgan fingerprint density at radius 2 is 1.94 bits per heavy atom. The molecule has 1 fully saturated rings. The minimum atomic E-state index is 0.457. The predicted molar refractivity (Wildman–Crippen MR) is 79.2 cm³/mol. The van der Waals surface area contributed by atoms with Gasteiger partial charge in [0.15, 0.2) is 0 Å². The van der Waals surface area contributed by atoms with Crippen LogP contribution >= 0.6 is 11.6 Å². The zero-order valence-corrected chi connectivity index (χ0v) is 12.3. The van der Waals surface area contributed by atoms with E-state index in [1.165, 1.54) is 31.2 Å². The maximum atomic E-state index is 5.89. The van der Waals surface area contributed by atoms with Crippen molar-refractivity contribution >= 4 is 11.6 Å². The highest BCUT2D eigenvalue weighted by atomic mass is 35.5. The third-order valence-electron chi connectivity index (χ3n) is 4.22. The number of halogens is 1. The Labute approximate surface area is 116 Å². The largest absolute Gasteiger partial charge is 0.313 e. The molecule has 0 spiro atoms. The zero-order chi connectivity index (χ0) is 13.0. The zero-order valence-electron chi connectivity index (χ0n) is 11.5. The Hall–Kier alpha value is -0.530. The Bertz CT molecular complexity index is 369. The van der Waals surface area contributed by atoms with Gasteiger partial charge in [0.25, 0.3) is 0 Å². The molecule has 0 radical (unpaired) electrons. The first-order chi connectivity index (χ1) is 8.58. The van der Waals surface area contributed by atoms with Gasteiger partial charge >= 0.3 is 0 Å². The first-order valence-electron chi connectivity index (χ1n) is 7.06. The van der Waals surface area contributed by atoms with Crippen molar-refractivity contribution in [2.75, 3.05) is 6.54 Å². The molecular formula is C16H24ClN. The Morgan fingerprint density at radius 1 is 1.22 bits per heavy atom. The highest BCUT2D eigenvalue weighted by Gasteiger charge is 2.31. The van der Waals surface area contributed by atoms with Crippen LogP contribution in [0, 0.1) is 5.41 Å². The summed E-state index contributed by atoms with van der Waals surface area (Å²) < 4.78 is 0. The van der Waals surface area contributed by atoms with Gasteiger partial charge in [-0.3, -0.25) is 0 Å². The van der Waals surface area contributed by atoms with Gasteiger partial charge in [0.2, 0.25) is 0 Å². The average Bonchev–Trinajstić information content (AvgIpc) is 2.33. The van der Waals surface area contributed by atoms with Crippen molar-refractivity contribution in [3.8, 4) is 0 Å². The summed E-state index contributed by atoms with van der Waals surface area (Å²) in [5.41, 5.74) is 1.82. The summed E-state index contributed by atoms with van der Waals surface area (Å²) >= 11 is 5.89. The van der Waals surface area contributed by atoms with E-state index in [2.05, 4.69) is 31.3 Å². The molecule has 1 unspecified atom stereocenters. The maximum absolute atomic E-state index is 5.89. The molecule has 0 heterocycles. The van der Waals surface area contributed by atoms with E-state index in [1.54, 1.807) is 0 Å². The molecule has 0 saturated heterocycles. The minimum absolute atomic E-state index is 0.457. The molecule has 1 N–H and O–H groups in total. The lowest BCUT2D eigenvalue weighted by Gasteiger charge is -2.39. The van der Waals surface area contributed by atoms with Gasteiger partial charge in [0.1, 0.15) is 0 Å². The van der Waals surface area contributed by atoms with Crippen LogP contribution in [0.15, 0.2) is 24.3 Å². The van der Waals surface area contributed by atoms with Crippen LogP contribution in [0.3, 0.4) is 0 Å². The number of benzene rings is 1. The molecule has 2 heteroatoms. The highest BCUT2D eigenvalue weighted by molar-refractivity contribution is 6.30. The maximum Gasteiger partial charge on any atom is 0.0406 e. The fraction of sp³-hybridized carbons (Fsp3) is 0.625. The predicted octanol–water partition coefficient (Wildman–Crippen LogP) is 4.44. The third kappa shape index (κ3) is 3.73. The van der Waals surface area contributed by atoms with Crippen molar-refractivity contribution in [2.24, 2.45) is 5.41 Å². The Balaban J connectivity index is 1.79. The molecule has 1 nitrogen and oxygen atoms in total. The standard InChI is InChI=1S/C16H24ClN/c1-16(2)11-4-3-5-15(16)18-12-10-13-6-8-14(17)9-7-13/h6-9,15,18H,3-5,10-12H2,1-2H3. The van der Waals surface area contributed by atoms with Gasteiger partial charge in [-0.2, -0.15) is 0 Å². The monoisotopic (exact) mass is 265 g/mol. The molecule has 0 aromatic heterocycles. The lowest BCUT2D eigenvalue weighted by Crippen LogP contribution is -2.44. The summed E-state index contributed by atoms with van der Waals surface area (Å²) in [6.45, 7) is 5.86. The van der Waals surface area contributed by atoms with E-state index in [0.717, 1.165) is 18.0 Å². The normalized spacial score (nSPS) is 22.9. The van der Waals surface area contributed by atoms with Gasteiger partial charge in [-0.15, -0.1) is 0 Å². The molecule has 1 aliphatic rings. The van der Waals surface area contributed by atoms with E-state index in [-0.39, 0.29) is 0 Å². The number of rotatable bonds is 4. The Kier molecular flexibility index (Phi) is 4.69. The second kappa shape index (κ2) is 6.08. The molecule has 1 aliphatic carbocycles. The van der Waals surface area contributed by atoms with Crippen LogP contribution < -0.4 is 5.32 Å². The van der Waals surface area contributed by atoms with Crippen LogP contribution in [0.2, 0.25) is 5.02 Å². The van der Waals surface area contributed by atoms with Crippen molar-refractivity contribution in [3.05, 3.63) is 34.9 Å². The SMILES string of the molecule is CC1(C)CCCCC1NCCc1ccc(Cl)cc1. The van der Waals surface area contributed by atoms with E-state index in [4.69, 9.17) is 11.6 Å². The summed E-state index contributed by atoms with van der Waals surface area (Å²) in [6.07, 6.45) is 6.54. The molecule has 0 aliphatic heterocycles. The van der Waals surface area contributed by atoms with E-state index < -0.39 is 0 Å². The van der Waals surface area contributed by atoms with Gasteiger partial charge in [0, 0.05) is 11.1 Å². The van der Waals surface area contributed by atoms with Crippen LogP contribution in [0.25, 0.3) is 0 Å². The molecule has 1 aromatic carbocycles. The van der Waals surface area contributed by atoms with E-state index in [9.17, 15) is 0 Å². The number of hydrogen-bond donors (Lipinski definition) is 1. The molecular weight excluding hydrogens is 242 g/mol. The van der Waals surface area contributed by atoms with Gasteiger partial charge in [-0.05, 0) is 48.9 Å². The summed E-state index contributed by atoms with van der Waals surface area (Å²) in [7, 11) is 0. The molecule has 100 valence electrons. The van der Waals surface area contributed by atoms with Crippen LogP contribution in [-0.2, 0) is 6.42 Å². The molecule has 1 aromatic rings. The lowest BCUT2D eigenvalue weighted by atomic mass is 9.73. The van der Waals surface area contributed by atoms with Gasteiger partial charge < -0.3 is 5.32 Å². The molecule has 0 bridgehead atoms. The average molecular weight is 266 g/mol. The Morgan fingerprint density at radius 3 is 2.61 bits per heavy atom. The number of nitrogens with one attached hydrogen (secondary N) is 1. The fourth-order valence-electron chi connectivity index (χ4n) is 2.91. The van der Waals surface area contributed by atoms with Crippen molar-refractivity contribution in [3.63, 3.8) is 0 Å². The number of hydrogen-bond acceptors (Lipinski definition) is 1. The van der Waals surface area contributed by atoms with E-state index >= 15 is 0 Å². The highest BCUT2D eigenvalue weighted by Crippen LogP contribution is 2.35. The second-order valence-electron chi connectivity index (χ2n) is 6.12. The van der Waals surface area contributed by atoms with Crippen molar-refractivity contribution < 1.29 is 0 Å². The van der Waals surface area contributed by atoms with Gasteiger partial charge in [-0.1, -0.05) is 50.4 Å². The van der Waals surface area contributed by atoms with Gasteiger partial charge in [-0.25, -0.2) is 0 Å². The molecule has 2 rings (SSSR count). The quantitative estimate of drug-likeness (QED) is 0.849. The van der Waals surface area contributed by atoms with Crippen molar-refractivity contribution in [2.45, 2.75) is 52.0 Å². The summed E-state index contributed by atoms with van der Waals surface area (Å²) in [5.74, 6) is 0. The van der Waals surface area contributed by atoms with Crippen LogP contribution in [0.5, 0.6) is 0 Å².